The number of nitrogens with zero attached hydrogens (tertiary/aromatic N) is 2. The second-order valence-corrected chi connectivity index (χ2v) is 4.84. The molecule has 0 bridgehead atoms. The van der Waals surface area contributed by atoms with E-state index in [4.69, 9.17) is 23.1 Å². The summed E-state index contributed by atoms with van der Waals surface area (Å²) < 4.78 is 1.61. The third-order valence-electron chi connectivity index (χ3n) is 3.05. The molecule has 100 valence electrons. The zero-order valence-electron chi connectivity index (χ0n) is 10.4. The lowest BCUT2D eigenvalue weighted by atomic mass is 10.1. The SMILES string of the molecule is NC(=O)c1ccc(Cl)cc1-n1ncc2ccc(N)cc21. The molecule has 2 aromatic carbocycles. The van der Waals surface area contributed by atoms with Crippen molar-refractivity contribution in [2.45, 2.75) is 0 Å². The number of amides is 1. The van der Waals surface area contributed by atoms with Gasteiger partial charge in [-0.25, -0.2) is 4.68 Å². The Kier molecular flexibility index (Phi) is 2.84. The van der Waals surface area contributed by atoms with Gasteiger partial charge in [0, 0.05) is 16.1 Å². The van der Waals surface area contributed by atoms with E-state index in [2.05, 4.69) is 5.10 Å². The molecule has 0 aliphatic heterocycles. The zero-order valence-corrected chi connectivity index (χ0v) is 11.1. The van der Waals surface area contributed by atoms with Crippen LogP contribution < -0.4 is 11.5 Å². The molecule has 0 aliphatic carbocycles. The highest BCUT2D eigenvalue weighted by Gasteiger charge is 2.13. The standard InChI is InChI=1S/C14H11ClN4O/c15-9-2-4-11(14(17)20)13(5-9)19-12-6-10(16)3-1-8(12)7-18-19/h1-7H,16H2,(H2,17,20). The molecule has 6 heteroatoms. The fourth-order valence-corrected chi connectivity index (χ4v) is 2.28. The molecule has 0 unspecified atom stereocenters. The van der Waals surface area contributed by atoms with Gasteiger partial charge in [0.1, 0.15) is 0 Å². The van der Waals surface area contributed by atoms with E-state index in [-0.39, 0.29) is 0 Å². The average Bonchev–Trinajstić information content (AvgIpc) is 2.81. The van der Waals surface area contributed by atoms with Crippen molar-refractivity contribution in [1.29, 1.82) is 0 Å². The second kappa shape index (κ2) is 4.54. The molecule has 4 N–H and O–H groups in total. The molecule has 0 spiro atoms. The maximum atomic E-state index is 11.5. The lowest BCUT2D eigenvalue weighted by molar-refractivity contribution is 0.1000. The van der Waals surface area contributed by atoms with Crippen molar-refractivity contribution in [3.8, 4) is 5.69 Å². The summed E-state index contributed by atoms with van der Waals surface area (Å²) in [7, 11) is 0. The van der Waals surface area contributed by atoms with Crippen molar-refractivity contribution in [3.63, 3.8) is 0 Å². The Labute approximate surface area is 119 Å². The van der Waals surface area contributed by atoms with Gasteiger partial charge < -0.3 is 11.5 Å². The lowest BCUT2D eigenvalue weighted by Gasteiger charge is -2.09. The van der Waals surface area contributed by atoms with Gasteiger partial charge >= 0.3 is 0 Å². The molecule has 5 nitrogen and oxygen atoms in total. The number of carbonyl (C=O) groups excluding carboxylic acids is 1. The van der Waals surface area contributed by atoms with Crippen molar-refractivity contribution in [2.75, 3.05) is 5.73 Å². The van der Waals surface area contributed by atoms with Crippen LogP contribution in [0.4, 0.5) is 5.69 Å². The number of nitrogens with two attached hydrogens (primary N) is 2. The smallest absolute Gasteiger partial charge is 0.250 e. The van der Waals surface area contributed by atoms with E-state index in [1.165, 1.54) is 0 Å². The van der Waals surface area contributed by atoms with Gasteiger partial charge in [-0.2, -0.15) is 5.10 Å². The first-order valence-electron chi connectivity index (χ1n) is 5.89. The van der Waals surface area contributed by atoms with E-state index < -0.39 is 5.91 Å². The lowest BCUT2D eigenvalue weighted by Crippen LogP contribution is -2.15. The van der Waals surface area contributed by atoms with Crippen LogP contribution >= 0.6 is 11.6 Å². The van der Waals surface area contributed by atoms with Crippen molar-refractivity contribution in [2.24, 2.45) is 5.73 Å². The number of halogens is 1. The first kappa shape index (κ1) is 12.5. The number of anilines is 1. The van der Waals surface area contributed by atoms with Crippen molar-refractivity contribution < 1.29 is 4.79 Å². The van der Waals surface area contributed by atoms with Crippen LogP contribution in [0.3, 0.4) is 0 Å². The van der Waals surface area contributed by atoms with Gasteiger partial charge in [0.15, 0.2) is 0 Å². The summed E-state index contributed by atoms with van der Waals surface area (Å²) in [5.74, 6) is -0.538. The van der Waals surface area contributed by atoms with Crippen LogP contribution in [0.2, 0.25) is 5.02 Å². The van der Waals surface area contributed by atoms with E-state index in [1.807, 2.05) is 6.07 Å². The molecule has 1 amide bonds. The fourth-order valence-electron chi connectivity index (χ4n) is 2.12. The van der Waals surface area contributed by atoms with Gasteiger partial charge in [0.05, 0.1) is 23.0 Å². The topological polar surface area (TPSA) is 86.9 Å². The Morgan fingerprint density at radius 2 is 2.00 bits per heavy atom. The molecule has 3 rings (SSSR count). The quantitative estimate of drug-likeness (QED) is 0.709. The monoisotopic (exact) mass is 286 g/mol. The van der Waals surface area contributed by atoms with E-state index in [1.54, 1.807) is 41.2 Å². The third kappa shape index (κ3) is 1.98. The molecule has 0 radical (unpaired) electrons. The Morgan fingerprint density at radius 1 is 1.20 bits per heavy atom. The molecular formula is C14H11ClN4O. The summed E-state index contributed by atoms with van der Waals surface area (Å²) in [5, 5.41) is 5.69. The highest BCUT2D eigenvalue weighted by molar-refractivity contribution is 6.31. The Balaban J connectivity index is 2.33. The van der Waals surface area contributed by atoms with E-state index in [0.29, 0.717) is 22.0 Å². The third-order valence-corrected chi connectivity index (χ3v) is 3.28. The Bertz CT molecular complexity index is 825. The van der Waals surface area contributed by atoms with Crippen LogP contribution in [0.1, 0.15) is 10.4 Å². The van der Waals surface area contributed by atoms with Gasteiger partial charge in [-0.05, 0) is 36.4 Å². The fraction of sp³-hybridized carbons (Fsp3) is 0. The summed E-state index contributed by atoms with van der Waals surface area (Å²) in [4.78, 5) is 11.5. The summed E-state index contributed by atoms with van der Waals surface area (Å²) in [6.07, 6.45) is 1.69. The van der Waals surface area contributed by atoms with Gasteiger partial charge in [-0.1, -0.05) is 11.6 Å². The summed E-state index contributed by atoms with van der Waals surface area (Å²) in [6, 6.07) is 10.3. The largest absolute Gasteiger partial charge is 0.399 e. The number of aromatic nitrogens is 2. The molecular weight excluding hydrogens is 276 g/mol. The van der Waals surface area contributed by atoms with Crippen LogP contribution in [0.15, 0.2) is 42.6 Å². The first-order chi connectivity index (χ1) is 9.56. The number of rotatable bonds is 2. The van der Waals surface area contributed by atoms with Crippen molar-refractivity contribution >= 4 is 34.1 Å². The number of hydrogen-bond acceptors (Lipinski definition) is 3. The normalized spacial score (nSPS) is 10.8. The maximum absolute atomic E-state index is 11.5. The van der Waals surface area contributed by atoms with E-state index >= 15 is 0 Å². The highest BCUT2D eigenvalue weighted by Crippen LogP contribution is 2.25. The number of carbonyl (C=O) groups is 1. The number of hydrogen-bond donors (Lipinski definition) is 2. The predicted molar refractivity (Wildman–Crippen MR) is 79.0 cm³/mol. The van der Waals surface area contributed by atoms with Crippen molar-refractivity contribution in [3.05, 3.63) is 53.2 Å². The summed E-state index contributed by atoms with van der Waals surface area (Å²) >= 11 is 6.00. The molecule has 0 fully saturated rings. The molecule has 20 heavy (non-hydrogen) atoms. The molecule has 3 aromatic rings. The second-order valence-electron chi connectivity index (χ2n) is 4.40. The van der Waals surface area contributed by atoms with E-state index in [9.17, 15) is 4.79 Å². The average molecular weight is 287 g/mol. The van der Waals surface area contributed by atoms with Crippen molar-refractivity contribution in [1.82, 2.24) is 9.78 Å². The molecule has 1 aromatic heterocycles. The summed E-state index contributed by atoms with van der Waals surface area (Å²) in [6.45, 7) is 0. The number of fused-ring (bicyclic) bond motifs is 1. The van der Waals surface area contributed by atoms with Gasteiger partial charge in [-0.3, -0.25) is 4.79 Å². The van der Waals surface area contributed by atoms with Crippen LogP contribution in [-0.4, -0.2) is 15.7 Å². The van der Waals surface area contributed by atoms with Crippen LogP contribution in [-0.2, 0) is 0 Å². The minimum absolute atomic E-state index is 0.349. The van der Waals surface area contributed by atoms with Gasteiger partial charge in [-0.15, -0.1) is 0 Å². The zero-order chi connectivity index (χ0) is 14.3. The number of primary amides is 1. The Hall–Kier alpha value is -2.53. The predicted octanol–water partition coefficient (Wildman–Crippen LogP) is 2.36. The van der Waals surface area contributed by atoms with Gasteiger partial charge in [0.2, 0.25) is 0 Å². The molecule has 0 saturated heterocycles. The minimum Gasteiger partial charge on any atom is -0.399 e. The molecule has 1 heterocycles. The number of benzene rings is 2. The van der Waals surface area contributed by atoms with Crippen LogP contribution in [0.5, 0.6) is 0 Å². The highest BCUT2D eigenvalue weighted by atomic mass is 35.5. The Morgan fingerprint density at radius 3 is 2.75 bits per heavy atom. The molecule has 0 saturated carbocycles. The molecule has 0 atom stereocenters. The summed E-state index contributed by atoms with van der Waals surface area (Å²) in [5.41, 5.74) is 13.5. The number of nitrogen functional groups attached to an aromatic ring is 1. The van der Waals surface area contributed by atoms with Gasteiger partial charge in [0.25, 0.3) is 5.91 Å². The first-order valence-corrected chi connectivity index (χ1v) is 6.27. The maximum Gasteiger partial charge on any atom is 0.250 e. The minimum atomic E-state index is -0.538. The molecule has 0 aliphatic rings. The van der Waals surface area contributed by atoms with Crippen LogP contribution in [0, 0.1) is 0 Å². The van der Waals surface area contributed by atoms with Crippen LogP contribution in [0.25, 0.3) is 16.6 Å². The van der Waals surface area contributed by atoms with E-state index in [0.717, 1.165) is 10.9 Å².